The largest absolute Gasteiger partial charge is 0.416 e. The van der Waals surface area contributed by atoms with Gasteiger partial charge < -0.3 is 20.0 Å². The van der Waals surface area contributed by atoms with Gasteiger partial charge in [0, 0.05) is 39.4 Å². The van der Waals surface area contributed by atoms with Crippen LogP contribution >= 0.6 is 0 Å². The molecule has 194 valence electrons. The lowest BCUT2D eigenvalue weighted by Crippen LogP contribution is -2.51. The molecule has 12 heteroatoms. The summed E-state index contributed by atoms with van der Waals surface area (Å²) in [5.41, 5.74) is -0.795. The van der Waals surface area contributed by atoms with E-state index in [1.54, 1.807) is 11.1 Å². The van der Waals surface area contributed by atoms with E-state index in [0.717, 1.165) is 11.9 Å². The molecular weight excluding hydrogens is 489 g/mol. The first-order chi connectivity index (χ1) is 17.6. The number of alkyl halides is 3. The maximum absolute atomic E-state index is 13.7. The highest BCUT2D eigenvalue weighted by atomic mass is 19.4. The van der Waals surface area contributed by atoms with Crippen molar-refractivity contribution in [1.29, 1.82) is 0 Å². The molecular formula is C25H25F3N6O3. The fraction of sp³-hybridized carbons (Fsp3) is 0.360. The Morgan fingerprint density at radius 3 is 2.43 bits per heavy atom. The molecule has 4 heterocycles. The quantitative estimate of drug-likeness (QED) is 0.676. The van der Waals surface area contributed by atoms with E-state index in [0.29, 0.717) is 31.9 Å². The minimum atomic E-state index is -4.67. The number of carbonyl (C=O) groups excluding carboxylic acids is 3. The number of nitrogens with one attached hydrogen (secondary N) is 1. The summed E-state index contributed by atoms with van der Waals surface area (Å²) in [5, 5.41) is 2.53. The van der Waals surface area contributed by atoms with Crippen molar-refractivity contribution in [3.63, 3.8) is 0 Å². The Morgan fingerprint density at radius 1 is 1.05 bits per heavy atom. The number of halogens is 3. The van der Waals surface area contributed by atoms with Gasteiger partial charge in [-0.15, -0.1) is 0 Å². The van der Waals surface area contributed by atoms with Gasteiger partial charge >= 0.3 is 12.2 Å². The molecule has 1 aromatic carbocycles. The average Bonchev–Trinajstić information content (AvgIpc) is 3.22. The normalized spacial score (nSPS) is 20.4. The van der Waals surface area contributed by atoms with Crippen LogP contribution in [0.3, 0.4) is 0 Å². The second-order valence-electron chi connectivity index (χ2n) is 9.10. The molecule has 3 aliphatic rings. The van der Waals surface area contributed by atoms with E-state index in [1.165, 1.54) is 35.0 Å². The molecule has 1 atom stereocenters. The van der Waals surface area contributed by atoms with Crippen molar-refractivity contribution in [2.24, 2.45) is 0 Å². The summed E-state index contributed by atoms with van der Waals surface area (Å²) in [5.74, 6) is -0.000994. The predicted octanol–water partition coefficient (Wildman–Crippen LogP) is 2.24. The van der Waals surface area contributed by atoms with Gasteiger partial charge in [0.25, 0.3) is 5.91 Å². The number of likely N-dealkylation sites (N-methyl/N-ethyl adjacent to an activating group) is 1. The van der Waals surface area contributed by atoms with E-state index in [2.05, 4.69) is 15.2 Å². The topological polar surface area (TPSA) is 89.1 Å². The number of urea groups is 1. The summed E-state index contributed by atoms with van der Waals surface area (Å²) in [4.78, 5) is 49.6. The fourth-order valence-corrected chi connectivity index (χ4v) is 4.98. The number of carbonyl (C=O) groups is 3. The SMILES string of the molecule is CN1C(=O)N[C@H](c2ccccc2C(F)(F)F)C2=C1CN(CC(=O)N1CCN(c3ccccn3)CC1)C2=O. The van der Waals surface area contributed by atoms with E-state index in [-0.39, 0.29) is 30.1 Å². The molecule has 0 saturated carbocycles. The highest BCUT2D eigenvalue weighted by Crippen LogP contribution is 2.41. The molecule has 1 N–H and O–H groups in total. The standard InChI is InChI=1S/C25H25F3N6O3/c1-31-18-14-34(15-20(35)33-12-10-32(11-13-33)19-8-4-5-9-29-19)23(36)21(18)22(30-24(31)37)16-6-2-3-7-17(16)25(26,27)28/h2-9,22H,10-15H2,1H3,(H,30,37)/t22-/m1/s1. The van der Waals surface area contributed by atoms with E-state index >= 15 is 0 Å². The van der Waals surface area contributed by atoms with Crippen LogP contribution in [-0.2, 0) is 15.8 Å². The Labute approximate surface area is 211 Å². The van der Waals surface area contributed by atoms with Crippen molar-refractivity contribution < 1.29 is 27.6 Å². The van der Waals surface area contributed by atoms with Crippen LogP contribution in [0.25, 0.3) is 0 Å². The molecule has 37 heavy (non-hydrogen) atoms. The van der Waals surface area contributed by atoms with Gasteiger partial charge in [-0.25, -0.2) is 9.78 Å². The number of nitrogens with zero attached hydrogens (tertiary/aromatic N) is 5. The molecule has 1 saturated heterocycles. The summed E-state index contributed by atoms with van der Waals surface area (Å²) in [6.45, 7) is 1.80. The van der Waals surface area contributed by atoms with Crippen molar-refractivity contribution in [3.8, 4) is 0 Å². The van der Waals surface area contributed by atoms with Gasteiger partial charge in [0.2, 0.25) is 5.91 Å². The maximum atomic E-state index is 13.7. The first-order valence-electron chi connectivity index (χ1n) is 11.8. The molecule has 1 fully saturated rings. The minimum Gasteiger partial charge on any atom is -0.353 e. The van der Waals surface area contributed by atoms with Crippen molar-refractivity contribution >= 4 is 23.7 Å². The van der Waals surface area contributed by atoms with Crippen LogP contribution in [0, 0.1) is 0 Å². The molecule has 0 unspecified atom stereocenters. The molecule has 2 aromatic rings. The lowest BCUT2D eigenvalue weighted by Gasteiger charge is -2.36. The van der Waals surface area contributed by atoms with Gasteiger partial charge in [0.1, 0.15) is 12.4 Å². The van der Waals surface area contributed by atoms with Crippen molar-refractivity contribution in [2.75, 3.05) is 51.2 Å². The van der Waals surface area contributed by atoms with Crippen LogP contribution in [0.5, 0.6) is 0 Å². The molecule has 0 aliphatic carbocycles. The summed E-state index contributed by atoms with van der Waals surface area (Å²) in [7, 11) is 1.45. The summed E-state index contributed by atoms with van der Waals surface area (Å²) >= 11 is 0. The lowest BCUT2D eigenvalue weighted by atomic mass is 9.92. The van der Waals surface area contributed by atoms with Crippen molar-refractivity contribution in [2.45, 2.75) is 12.2 Å². The molecule has 9 nitrogen and oxygen atoms in total. The third-order valence-electron chi connectivity index (χ3n) is 6.94. The summed E-state index contributed by atoms with van der Waals surface area (Å²) < 4.78 is 41.1. The van der Waals surface area contributed by atoms with Crippen LogP contribution < -0.4 is 10.2 Å². The van der Waals surface area contributed by atoms with Crippen LogP contribution in [0.4, 0.5) is 23.8 Å². The molecule has 0 radical (unpaired) electrons. The Kier molecular flexibility index (Phi) is 6.26. The number of piperazine rings is 1. The van der Waals surface area contributed by atoms with Gasteiger partial charge in [-0.1, -0.05) is 24.3 Å². The number of aromatic nitrogens is 1. The van der Waals surface area contributed by atoms with Gasteiger partial charge in [-0.2, -0.15) is 13.2 Å². The monoisotopic (exact) mass is 514 g/mol. The zero-order valence-corrected chi connectivity index (χ0v) is 20.0. The molecule has 4 amide bonds. The number of benzene rings is 1. The highest BCUT2D eigenvalue weighted by Gasteiger charge is 2.46. The number of hydrogen-bond acceptors (Lipinski definition) is 5. The fourth-order valence-electron chi connectivity index (χ4n) is 4.98. The van der Waals surface area contributed by atoms with Gasteiger partial charge in [-0.05, 0) is 23.8 Å². The maximum Gasteiger partial charge on any atom is 0.416 e. The van der Waals surface area contributed by atoms with E-state index in [9.17, 15) is 27.6 Å². The smallest absolute Gasteiger partial charge is 0.353 e. The second-order valence-corrected chi connectivity index (χ2v) is 9.10. The number of rotatable bonds is 4. The minimum absolute atomic E-state index is 0.0393. The number of anilines is 1. The van der Waals surface area contributed by atoms with Crippen molar-refractivity contribution in [1.82, 2.24) is 25.0 Å². The number of amides is 4. The van der Waals surface area contributed by atoms with Crippen LogP contribution in [-0.4, -0.2) is 83.8 Å². The average molecular weight is 515 g/mol. The number of hydrogen-bond donors (Lipinski definition) is 1. The highest BCUT2D eigenvalue weighted by molar-refractivity contribution is 6.03. The van der Waals surface area contributed by atoms with Crippen LogP contribution in [0.15, 0.2) is 59.9 Å². The first kappa shape index (κ1) is 24.6. The van der Waals surface area contributed by atoms with Gasteiger partial charge in [0.05, 0.1) is 29.4 Å². The Hall–Kier alpha value is -4.09. The molecule has 0 bridgehead atoms. The van der Waals surface area contributed by atoms with E-state index in [1.807, 2.05) is 18.2 Å². The summed E-state index contributed by atoms with van der Waals surface area (Å²) in [6, 6.07) is 8.60. The van der Waals surface area contributed by atoms with Gasteiger partial charge in [-0.3, -0.25) is 14.5 Å². The van der Waals surface area contributed by atoms with E-state index in [4.69, 9.17) is 0 Å². The first-order valence-corrected chi connectivity index (χ1v) is 11.8. The zero-order chi connectivity index (χ0) is 26.3. The Balaban J connectivity index is 1.32. The third-order valence-corrected chi connectivity index (χ3v) is 6.94. The Morgan fingerprint density at radius 2 is 1.76 bits per heavy atom. The zero-order valence-electron chi connectivity index (χ0n) is 20.0. The molecule has 0 spiro atoms. The van der Waals surface area contributed by atoms with Gasteiger partial charge in [0.15, 0.2) is 0 Å². The lowest BCUT2D eigenvalue weighted by molar-refractivity contribution is -0.138. The molecule has 1 aromatic heterocycles. The predicted molar refractivity (Wildman–Crippen MR) is 127 cm³/mol. The summed E-state index contributed by atoms with van der Waals surface area (Å²) in [6.07, 6.45) is -2.96. The van der Waals surface area contributed by atoms with E-state index < -0.39 is 29.7 Å². The van der Waals surface area contributed by atoms with Crippen LogP contribution in [0.1, 0.15) is 17.2 Å². The molecule has 3 aliphatic heterocycles. The second kappa shape index (κ2) is 9.41. The molecule has 5 rings (SSSR count). The third kappa shape index (κ3) is 4.58. The Bertz CT molecular complexity index is 1260. The van der Waals surface area contributed by atoms with Crippen LogP contribution in [0.2, 0.25) is 0 Å². The van der Waals surface area contributed by atoms with Crippen molar-refractivity contribution in [3.05, 3.63) is 71.1 Å². The number of pyridine rings is 1.